The molecule has 0 radical (unpaired) electrons. The van der Waals surface area contributed by atoms with E-state index in [-0.39, 0.29) is 17.9 Å². The summed E-state index contributed by atoms with van der Waals surface area (Å²) in [4.78, 5) is 27.8. The molecule has 152 valence electrons. The van der Waals surface area contributed by atoms with Gasteiger partial charge in [-0.2, -0.15) is 0 Å². The molecule has 2 fully saturated rings. The summed E-state index contributed by atoms with van der Waals surface area (Å²) in [6.07, 6.45) is 2.07. The van der Waals surface area contributed by atoms with Crippen molar-refractivity contribution in [2.75, 3.05) is 13.7 Å². The number of aryl methyl sites for hydroxylation is 2. The van der Waals surface area contributed by atoms with Crippen molar-refractivity contribution in [1.82, 2.24) is 10.2 Å². The van der Waals surface area contributed by atoms with Crippen molar-refractivity contribution in [3.8, 4) is 5.75 Å². The summed E-state index contributed by atoms with van der Waals surface area (Å²) in [5.74, 6) is 0.860. The Labute approximate surface area is 172 Å². The van der Waals surface area contributed by atoms with Crippen molar-refractivity contribution in [3.63, 3.8) is 0 Å². The number of nitrogens with one attached hydrogen (secondary N) is 1. The van der Waals surface area contributed by atoms with E-state index in [1.54, 1.807) is 7.11 Å². The number of nitrogens with zero attached hydrogens (tertiary/aromatic N) is 1. The molecule has 2 aliphatic heterocycles. The Bertz CT molecular complexity index is 955. The van der Waals surface area contributed by atoms with Gasteiger partial charge in [-0.3, -0.25) is 9.59 Å². The van der Waals surface area contributed by atoms with Gasteiger partial charge in [0.25, 0.3) is 0 Å². The first-order chi connectivity index (χ1) is 13.9. The Kier molecular flexibility index (Phi) is 5.07. The van der Waals surface area contributed by atoms with Crippen molar-refractivity contribution in [3.05, 3.63) is 64.7 Å². The number of rotatable bonds is 5. The first kappa shape index (κ1) is 19.5. The number of ether oxygens (including phenoxy) is 1. The number of amides is 2. The Hall–Kier alpha value is -2.82. The average Bonchev–Trinajstić information content (AvgIpc) is 3.28. The first-order valence-electron chi connectivity index (χ1n) is 10.2. The number of carbonyl (C=O) groups is 2. The zero-order valence-electron chi connectivity index (χ0n) is 17.3. The van der Waals surface area contributed by atoms with Crippen LogP contribution in [-0.2, 0) is 21.5 Å². The maximum Gasteiger partial charge on any atom is 0.232 e. The lowest BCUT2D eigenvalue weighted by Gasteiger charge is -2.29. The molecule has 0 saturated carbocycles. The number of fused-ring (bicyclic) bond motifs is 1. The van der Waals surface area contributed by atoms with Crippen LogP contribution in [0.2, 0.25) is 0 Å². The standard InChI is InChI=1S/C24H28N2O3/c1-16-7-8-17(2)18(11-16)14-25-23(28)24(19-5-4-6-21(12-19)29-3)13-20-9-10-22(27)26(20)15-24/h4-8,11-12,20H,9-10,13-15H2,1-3H3,(H,25,28)/t20-,24-/m0/s1. The molecule has 5 nitrogen and oxygen atoms in total. The Morgan fingerprint density at radius 1 is 1.24 bits per heavy atom. The molecule has 2 amide bonds. The molecule has 2 aromatic carbocycles. The molecule has 2 saturated heterocycles. The molecule has 2 aliphatic rings. The maximum absolute atomic E-state index is 13.6. The third kappa shape index (κ3) is 3.50. The molecule has 0 aromatic heterocycles. The quantitative estimate of drug-likeness (QED) is 0.850. The van der Waals surface area contributed by atoms with Gasteiger partial charge in [0.1, 0.15) is 5.75 Å². The van der Waals surface area contributed by atoms with E-state index in [9.17, 15) is 9.59 Å². The number of hydrogen-bond acceptors (Lipinski definition) is 3. The summed E-state index contributed by atoms with van der Waals surface area (Å²) in [5.41, 5.74) is 3.63. The number of hydrogen-bond donors (Lipinski definition) is 1. The number of carbonyl (C=O) groups excluding carboxylic acids is 2. The normalized spacial score (nSPS) is 23.2. The topological polar surface area (TPSA) is 58.6 Å². The van der Waals surface area contributed by atoms with E-state index in [1.165, 1.54) is 5.56 Å². The smallest absolute Gasteiger partial charge is 0.232 e. The van der Waals surface area contributed by atoms with Crippen LogP contribution in [0.1, 0.15) is 41.5 Å². The fraction of sp³-hybridized carbons (Fsp3) is 0.417. The van der Waals surface area contributed by atoms with Gasteiger partial charge in [-0.05, 0) is 55.5 Å². The number of methoxy groups -OCH3 is 1. The second kappa shape index (κ2) is 7.54. The fourth-order valence-electron chi connectivity index (χ4n) is 4.74. The van der Waals surface area contributed by atoms with Gasteiger partial charge in [0.2, 0.25) is 11.8 Å². The van der Waals surface area contributed by atoms with Gasteiger partial charge in [-0.1, -0.05) is 35.9 Å². The second-order valence-electron chi connectivity index (χ2n) is 8.34. The van der Waals surface area contributed by atoms with Gasteiger partial charge in [0.05, 0.1) is 12.5 Å². The van der Waals surface area contributed by atoms with E-state index in [2.05, 4.69) is 37.4 Å². The average molecular weight is 392 g/mol. The van der Waals surface area contributed by atoms with Crippen LogP contribution in [0, 0.1) is 13.8 Å². The lowest BCUT2D eigenvalue weighted by atomic mass is 9.76. The predicted octanol–water partition coefficient (Wildman–Crippen LogP) is 3.26. The molecule has 29 heavy (non-hydrogen) atoms. The summed E-state index contributed by atoms with van der Waals surface area (Å²) >= 11 is 0. The highest BCUT2D eigenvalue weighted by Gasteiger charge is 2.53. The van der Waals surface area contributed by atoms with E-state index in [0.717, 1.165) is 28.9 Å². The Morgan fingerprint density at radius 3 is 2.83 bits per heavy atom. The van der Waals surface area contributed by atoms with Gasteiger partial charge < -0.3 is 15.0 Å². The molecule has 1 N–H and O–H groups in total. The third-order valence-corrected chi connectivity index (χ3v) is 6.48. The van der Waals surface area contributed by atoms with E-state index in [4.69, 9.17) is 4.74 Å². The van der Waals surface area contributed by atoms with E-state index >= 15 is 0 Å². The molecule has 0 unspecified atom stereocenters. The lowest BCUT2D eigenvalue weighted by Crippen LogP contribution is -2.46. The highest BCUT2D eigenvalue weighted by Crippen LogP contribution is 2.43. The Balaban J connectivity index is 1.64. The number of benzene rings is 2. The van der Waals surface area contributed by atoms with Gasteiger partial charge in [-0.25, -0.2) is 0 Å². The van der Waals surface area contributed by atoms with Crippen LogP contribution in [0.15, 0.2) is 42.5 Å². The molecule has 2 aromatic rings. The Morgan fingerprint density at radius 2 is 2.07 bits per heavy atom. The molecule has 0 spiro atoms. The molecule has 0 bridgehead atoms. The van der Waals surface area contributed by atoms with Crippen molar-refractivity contribution in [1.29, 1.82) is 0 Å². The summed E-state index contributed by atoms with van der Waals surface area (Å²) < 4.78 is 5.40. The van der Waals surface area contributed by atoms with E-state index in [0.29, 0.717) is 25.9 Å². The summed E-state index contributed by atoms with van der Waals surface area (Å²) in [7, 11) is 1.63. The van der Waals surface area contributed by atoms with Crippen LogP contribution in [0.3, 0.4) is 0 Å². The highest BCUT2D eigenvalue weighted by molar-refractivity contribution is 5.91. The molecule has 5 heteroatoms. The summed E-state index contributed by atoms with van der Waals surface area (Å²) in [5, 5.41) is 3.17. The van der Waals surface area contributed by atoms with Gasteiger partial charge >= 0.3 is 0 Å². The van der Waals surface area contributed by atoms with Crippen LogP contribution in [0.5, 0.6) is 5.75 Å². The van der Waals surface area contributed by atoms with Gasteiger partial charge in [0.15, 0.2) is 0 Å². The molecular formula is C24H28N2O3. The van der Waals surface area contributed by atoms with Gasteiger partial charge in [-0.15, -0.1) is 0 Å². The van der Waals surface area contributed by atoms with Crippen molar-refractivity contribution in [2.24, 2.45) is 0 Å². The third-order valence-electron chi connectivity index (χ3n) is 6.48. The predicted molar refractivity (Wildman–Crippen MR) is 112 cm³/mol. The van der Waals surface area contributed by atoms with E-state index in [1.807, 2.05) is 29.2 Å². The monoisotopic (exact) mass is 392 g/mol. The van der Waals surface area contributed by atoms with Crippen molar-refractivity contribution >= 4 is 11.8 Å². The zero-order chi connectivity index (χ0) is 20.6. The lowest BCUT2D eigenvalue weighted by molar-refractivity contribution is -0.129. The zero-order valence-corrected chi connectivity index (χ0v) is 17.3. The first-order valence-corrected chi connectivity index (χ1v) is 10.2. The molecular weight excluding hydrogens is 364 g/mol. The van der Waals surface area contributed by atoms with Crippen LogP contribution in [-0.4, -0.2) is 36.4 Å². The second-order valence-corrected chi connectivity index (χ2v) is 8.34. The minimum atomic E-state index is -0.743. The maximum atomic E-state index is 13.6. The van der Waals surface area contributed by atoms with Crippen LogP contribution >= 0.6 is 0 Å². The van der Waals surface area contributed by atoms with Crippen LogP contribution in [0.25, 0.3) is 0 Å². The molecule has 0 aliphatic carbocycles. The SMILES string of the molecule is COc1cccc([C@]2(C(=O)NCc3cc(C)ccc3C)C[C@@H]3CCC(=O)N3C2)c1. The summed E-state index contributed by atoms with van der Waals surface area (Å²) in [6, 6.07) is 14.1. The summed E-state index contributed by atoms with van der Waals surface area (Å²) in [6.45, 7) is 5.03. The largest absolute Gasteiger partial charge is 0.497 e. The van der Waals surface area contributed by atoms with Crippen LogP contribution < -0.4 is 10.1 Å². The van der Waals surface area contributed by atoms with Crippen molar-refractivity contribution < 1.29 is 14.3 Å². The van der Waals surface area contributed by atoms with Crippen molar-refractivity contribution in [2.45, 2.75) is 51.1 Å². The molecule has 2 atom stereocenters. The fourth-order valence-corrected chi connectivity index (χ4v) is 4.74. The van der Waals surface area contributed by atoms with Gasteiger partial charge in [0, 0.05) is 25.6 Å². The molecule has 2 heterocycles. The minimum Gasteiger partial charge on any atom is -0.497 e. The van der Waals surface area contributed by atoms with Crippen LogP contribution in [0.4, 0.5) is 0 Å². The minimum absolute atomic E-state index is 0.0196. The molecule has 4 rings (SSSR count). The van der Waals surface area contributed by atoms with E-state index < -0.39 is 5.41 Å². The highest BCUT2D eigenvalue weighted by atomic mass is 16.5.